The molecule has 0 atom stereocenters. The molecule has 0 fully saturated rings. The molecule has 6 heteroatoms. The Morgan fingerprint density at radius 1 is 1.36 bits per heavy atom. The van der Waals surface area contributed by atoms with Crippen molar-refractivity contribution >= 4 is 43.4 Å². The van der Waals surface area contributed by atoms with E-state index >= 15 is 0 Å². The Morgan fingerprint density at radius 2 is 2.16 bits per heavy atom. The van der Waals surface area contributed by atoms with Crippen LogP contribution in [0.25, 0.3) is 10.2 Å². The average molecular weight is 417 g/mol. The smallest absolute Gasteiger partial charge is 0.280 e. The van der Waals surface area contributed by atoms with Gasteiger partial charge in [0, 0.05) is 11.0 Å². The molecular formula is C19H17BrN2O2S. The summed E-state index contributed by atoms with van der Waals surface area (Å²) in [6.07, 6.45) is 1.80. The predicted octanol–water partition coefficient (Wildman–Crippen LogP) is 4.79. The monoisotopic (exact) mass is 416 g/mol. The van der Waals surface area contributed by atoms with E-state index in [0.29, 0.717) is 23.5 Å². The number of fused-ring (bicyclic) bond motifs is 1. The van der Waals surface area contributed by atoms with Crippen molar-refractivity contribution < 1.29 is 9.53 Å². The summed E-state index contributed by atoms with van der Waals surface area (Å²) in [4.78, 5) is 17.6. The van der Waals surface area contributed by atoms with Gasteiger partial charge in [-0.25, -0.2) is 0 Å². The van der Waals surface area contributed by atoms with Crippen LogP contribution in [0.4, 0.5) is 0 Å². The zero-order valence-corrected chi connectivity index (χ0v) is 16.1. The van der Waals surface area contributed by atoms with Gasteiger partial charge in [0.2, 0.25) is 0 Å². The normalized spacial score (nSPS) is 11.7. The van der Waals surface area contributed by atoms with Crippen LogP contribution in [-0.2, 0) is 6.54 Å². The molecule has 25 heavy (non-hydrogen) atoms. The van der Waals surface area contributed by atoms with Crippen LogP contribution < -0.4 is 9.54 Å². The maximum Gasteiger partial charge on any atom is 0.280 e. The summed E-state index contributed by atoms with van der Waals surface area (Å²) in [5.74, 6) is 0.535. The summed E-state index contributed by atoms with van der Waals surface area (Å²) in [7, 11) is 0. The van der Waals surface area contributed by atoms with Crippen molar-refractivity contribution in [3.05, 3.63) is 70.0 Å². The molecule has 0 saturated carbocycles. The van der Waals surface area contributed by atoms with E-state index in [4.69, 9.17) is 4.74 Å². The second-order valence-electron chi connectivity index (χ2n) is 5.24. The summed E-state index contributed by atoms with van der Waals surface area (Å²) < 4.78 is 9.30. The van der Waals surface area contributed by atoms with Crippen molar-refractivity contribution in [2.45, 2.75) is 13.5 Å². The number of ether oxygens (including phenoxy) is 1. The maximum atomic E-state index is 12.6. The topological polar surface area (TPSA) is 43.6 Å². The number of benzene rings is 2. The first kappa shape index (κ1) is 17.6. The molecule has 2 aromatic carbocycles. The van der Waals surface area contributed by atoms with Gasteiger partial charge in [0.1, 0.15) is 5.75 Å². The van der Waals surface area contributed by atoms with E-state index in [0.717, 1.165) is 20.4 Å². The first-order valence-electron chi connectivity index (χ1n) is 7.84. The molecule has 1 amide bonds. The largest absolute Gasteiger partial charge is 0.494 e. The Hall–Kier alpha value is -2.18. The Morgan fingerprint density at radius 3 is 2.88 bits per heavy atom. The second kappa shape index (κ2) is 7.80. The number of thiazole rings is 1. The number of aromatic nitrogens is 1. The highest BCUT2D eigenvalue weighted by Gasteiger charge is 2.11. The summed E-state index contributed by atoms with van der Waals surface area (Å²) in [5.41, 5.74) is 1.55. The van der Waals surface area contributed by atoms with Gasteiger partial charge in [-0.1, -0.05) is 29.5 Å². The standard InChI is InChI=1S/C19H17BrN2O2S/c1-3-11-22-16-10-9-13(24-4-2)12-17(16)25-19(22)21-18(23)14-7-5-6-8-15(14)20/h3,5-10,12H,1,4,11H2,2H3. The van der Waals surface area contributed by atoms with Crippen LogP contribution in [0.5, 0.6) is 5.75 Å². The van der Waals surface area contributed by atoms with Gasteiger partial charge in [0.05, 0.1) is 22.4 Å². The summed E-state index contributed by atoms with van der Waals surface area (Å²) in [5, 5.41) is 0. The van der Waals surface area contributed by atoms with Crippen molar-refractivity contribution in [3.8, 4) is 5.75 Å². The molecule has 0 N–H and O–H groups in total. The van der Waals surface area contributed by atoms with Crippen molar-refractivity contribution in [1.29, 1.82) is 0 Å². The minimum absolute atomic E-state index is 0.276. The summed E-state index contributed by atoms with van der Waals surface area (Å²) in [6.45, 7) is 6.95. The van der Waals surface area contributed by atoms with E-state index in [-0.39, 0.29) is 5.91 Å². The van der Waals surface area contributed by atoms with Crippen LogP contribution in [-0.4, -0.2) is 17.1 Å². The summed E-state index contributed by atoms with van der Waals surface area (Å²) >= 11 is 4.87. The fraction of sp³-hybridized carbons (Fsp3) is 0.158. The fourth-order valence-corrected chi connectivity index (χ4v) is 4.00. The van der Waals surface area contributed by atoms with Gasteiger partial charge in [0.15, 0.2) is 4.80 Å². The lowest BCUT2D eigenvalue weighted by atomic mass is 10.2. The van der Waals surface area contributed by atoms with Crippen molar-refractivity contribution in [2.75, 3.05) is 6.61 Å². The minimum Gasteiger partial charge on any atom is -0.494 e. The molecule has 0 aliphatic rings. The summed E-state index contributed by atoms with van der Waals surface area (Å²) in [6, 6.07) is 13.2. The zero-order valence-electron chi connectivity index (χ0n) is 13.7. The van der Waals surface area contributed by atoms with Crippen LogP contribution in [0.15, 0.2) is 64.6 Å². The molecule has 0 saturated heterocycles. The number of allylic oxidation sites excluding steroid dienone is 1. The van der Waals surface area contributed by atoms with Gasteiger partial charge >= 0.3 is 0 Å². The van der Waals surface area contributed by atoms with E-state index in [1.165, 1.54) is 11.3 Å². The number of hydrogen-bond donors (Lipinski definition) is 0. The Labute approximate surface area is 158 Å². The van der Waals surface area contributed by atoms with Crippen molar-refractivity contribution in [2.24, 2.45) is 4.99 Å². The lowest BCUT2D eigenvalue weighted by molar-refractivity contribution is 0.0997. The van der Waals surface area contributed by atoms with Gasteiger partial charge in [0.25, 0.3) is 5.91 Å². The van der Waals surface area contributed by atoms with Crippen molar-refractivity contribution in [3.63, 3.8) is 0 Å². The number of amides is 1. The first-order valence-corrected chi connectivity index (χ1v) is 9.45. The highest BCUT2D eigenvalue weighted by atomic mass is 79.9. The molecule has 3 rings (SSSR count). The van der Waals surface area contributed by atoms with Crippen LogP contribution in [0.3, 0.4) is 0 Å². The van der Waals surface area contributed by atoms with E-state index in [2.05, 4.69) is 27.5 Å². The van der Waals surface area contributed by atoms with Gasteiger partial charge in [-0.3, -0.25) is 4.79 Å². The second-order valence-corrected chi connectivity index (χ2v) is 7.11. The number of hydrogen-bond acceptors (Lipinski definition) is 3. The number of carbonyl (C=O) groups is 1. The predicted molar refractivity (Wildman–Crippen MR) is 105 cm³/mol. The molecule has 0 spiro atoms. The molecule has 1 heterocycles. The minimum atomic E-state index is -0.276. The third-order valence-corrected chi connectivity index (χ3v) is 5.31. The van der Waals surface area contributed by atoms with Crippen LogP contribution in [0.1, 0.15) is 17.3 Å². The molecule has 0 unspecified atom stereocenters. The van der Waals surface area contributed by atoms with Crippen LogP contribution in [0.2, 0.25) is 0 Å². The lowest BCUT2D eigenvalue weighted by Crippen LogP contribution is -2.16. The molecular weight excluding hydrogens is 400 g/mol. The van der Waals surface area contributed by atoms with E-state index in [1.807, 2.05) is 47.9 Å². The fourth-order valence-electron chi connectivity index (χ4n) is 2.48. The molecule has 3 aromatic rings. The molecule has 0 bridgehead atoms. The third-order valence-electron chi connectivity index (χ3n) is 3.58. The number of carbonyl (C=O) groups excluding carboxylic acids is 1. The van der Waals surface area contributed by atoms with Crippen LogP contribution in [0, 0.1) is 0 Å². The molecule has 0 aliphatic carbocycles. The molecule has 4 nitrogen and oxygen atoms in total. The Kier molecular flexibility index (Phi) is 5.50. The highest BCUT2D eigenvalue weighted by molar-refractivity contribution is 9.10. The number of rotatable bonds is 5. The van der Waals surface area contributed by atoms with Crippen LogP contribution >= 0.6 is 27.3 Å². The molecule has 0 radical (unpaired) electrons. The van der Waals surface area contributed by atoms with E-state index in [9.17, 15) is 4.79 Å². The molecule has 0 aliphatic heterocycles. The number of halogens is 1. The molecule has 1 aromatic heterocycles. The zero-order chi connectivity index (χ0) is 17.8. The Balaban J connectivity index is 2.13. The van der Waals surface area contributed by atoms with Gasteiger partial charge < -0.3 is 9.30 Å². The lowest BCUT2D eigenvalue weighted by Gasteiger charge is -2.04. The average Bonchev–Trinajstić information content (AvgIpc) is 2.92. The molecule has 128 valence electrons. The number of nitrogens with zero attached hydrogens (tertiary/aromatic N) is 2. The maximum absolute atomic E-state index is 12.6. The van der Waals surface area contributed by atoms with E-state index in [1.54, 1.807) is 12.1 Å². The van der Waals surface area contributed by atoms with E-state index < -0.39 is 0 Å². The Bertz CT molecular complexity index is 1000. The van der Waals surface area contributed by atoms with Crippen molar-refractivity contribution in [1.82, 2.24) is 4.57 Å². The quantitative estimate of drug-likeness (QED) is 0.561. The van der Waals surface area contributed by atoms with Gasteiger partial charge in [-0.2, -0.15) is 4.99 Å². The van der Waals surface area contributed by atoms with Gasteiger partial charge in [-0.05, 0) is 53.2 Å². The van der Waals surface area contributed by atoms with Gasteiger partial charge in [-0.15, -0.1) is 6.58 Å². The SMILES string of the molecule is C=CCn1c(=NC(=O)c2ccccc2Br)sc2cc(OCC)ccc21. The first-order chi connectivity index (χ1) is 12.1. The highest BCUT2D eigenvalue weighted by Crippen LogP contribution is 2.24. The third kappa shape index (κ3) is 3.75.